The van der Waals surface area contributed by atoms with Gasteiger partial charge in [-0.15, -0.1) is 0 Å². The lowest BCUT2D eigenvalue weighted by Gasteiger charge is -2.30. The molecule has 0 spiro atoms. The molecule has 4 heteroatoms. The van der Waals surface area contributed by atoms with Crippen molar-refractivity contribution >= 4 is 10.9 Å². The van der Waals surface area contributed by atoms with Crippen LogP contribution in [0.2, 0.25) is 0 Å². The van der Waals surface area contributed by atoms with Gasteiger partial charge in [0.15, 0.2) is 0 Å². The zero-order valence-corrected chi connectivity index (χ0v) is 19.4. The minimum atomic E-state index is -0.191. The molecule has 168 valence electrons. The summed E-state index contributed by atoms with van der Waals surface area (Å²) < 4.78 is 19.6. The molecule has 3 nitrogen and oxygen atoms in total. The molecular weight excluding hydrogens is 411 g/mol. The summed E-state index contributed by atoms with van der Waals surface area (Å²) in [7, 11) is 4.21. The molecule has 2 atom stereocenters. The van der Waals surface area contributed by atoms with E-state index in [0.717, 1.165) is 35.0 Å². The Morgan fingerprint density at radius 2 is 1.82 bits per heavy atom. The maximum Gasteiger partial charge on any atom is 0.123 e. The number of ether oxygens (including phenoxy) is 1. The van der Waals surface area contributed by atoms with Gasteiger partial charge in [0, 0.05) is 22.7 Å². The quantitative estimate of drug-likeness (QED) is 0.343. The Morgan fingerprint density at radius 1 is 1.03 bits per heavy atom. The molecule has 0 saturated heterocycles. The van der Waals surface area contributed by atoms with Crippen LogP contribution in [0.1, 0.15) is 34.9 Å². The fraction of sp³-hybridized carbons (Fsp3) is 0.276. The number of para-hydroxylation sites is 1. The van der Waals surface area contributed by atoms with Crippen LogP contribution in [0.4, 0.5) is 4.39 Å². The molecule has 5 rings (SSSR count). The third-order valence-electron chi connectivity index (χ3n) is 6.75. The van der Waals surface area contributed by atoms with Gasteiger partial charge in [-0.25, -0.2) is 4.39 Å². The average Bonchev–Trinajstić information content (AvgIpc) is 3.23. The van der Waals surface area contributed by atoms with Crippen LogP contribution in [-0.4, -0.2) is 30.0 Å². The Kier molecular flexibility index (Phi) is 5.96. The fourth-order valence-corrected chi connectivity index (χ4v) is 4.91. The predicted octanol–water partition coefficient (Wildman–Crippen LogP) is 6.48. The van der Waals surface area contributed by atoms with Crippen molar-refractivity contribution in [3.8, 4) is 11.1 Å². The second-order valence-corrected chi connectivity index (χ2v) is 9.16. The van der Waals surface area contributed by atoms with E-state index in [1.165, 1.54) is 34.4 Å². The van der Waals surface area contributed by atoms with E-state index in [4.69, 9.17) is 9.72 Å². The molecule has 0 radical (unpaired) electrons. The summed E-state index contributed by atoms with van der Waals surface area (Å²) in [6, 6.07) is 24.2. The minimum absolute atomic E-state index is 0.0281. The topological polar surface area (TPSA) is 25.4 Å². The standard InChI is InChI=1S/C29H29FN2O/c1-19-26(17-22-6-4-5-7-27(22)31-19)21-11-14-25-23(16-21)18-33-29(25)28(32(2)3)15-10-20-8-12-24(30)13-9-20/h4-9,11-14,16-17,28-29H,10,15,18H2,1-3H3. The van der Waals surface area contributed by atoms with Gasteiger partial charge >= 0.3 is 0 Å². The van der Waals surface area contributed by atoms with Crippen molar-refractivity contribution in [1.29, 1.82) is 0 Å². The molecule has 2 heterocycles. The summed E-state index contributed by atoms with van der Waals surface area (Å²) in [5, 5.41) is 1.15. The molecule has 4 aromatic rings. The summed E-state index contributed by atoms with van der Waals surface area (Å²) in [5.74, 6) is -0.191. The number of nitrogens with zero attached hydrogens (tertiary/aromatic N) is 2. The fourth-order valence-electron chi connectivity index (χ4n) is 4.91. The first kappa shape index (κ1) is 21.7. The highest BCUT2D eigenvalue weighted by Crippen LogP contribution is 2.39. The number of benzene rings is 3. The second kappa shape index (κ2) is 9.05. The van der Waals surface area contributed by atoms with E-state index in [0.29, 0.717) is 6.61 Å². The molecule has 0 aliphatic carbocycles. The number of halogens is 1. The first-order valence-electron chi connectivity index (χ1n) is 11.5. The van der Waals surface area contributed by atoms with Crippen molar-refractivity contribution < 1.29 is 9.13 Å². The highest BCUT2D eigenvalue weighted by Gasteiger charge is 2.32. The number of fused-ring (bicyclic) bond motifs is 2. The van der Waals surface area contributed by atoms with Crippen molar-refractivity contribution in [1.82, 2.24) is 9.88 Å². The van der Waals surface area contributed by atoms with Crippen LogP contribution in [-0.2, 0) is 17.8 Å². The van der Waals surface area contributed by atoms with Gasteiger partial charge in [-0.1, -0.05) is 42.5 Å². The van der Waals surface area contributed by atoms with Gasteiger partial charge in [0.1, 0.15) is 5.82 Å². The van der Waals surface area contributed by atoms with Gasteiger partial charge in [0.25, 0.3) is 0 Å². The Labute approximate surface area is 194 Å². The van der Waals surface area contributed by atoms with E-state index in [1.54, 1.807) is 0 Å². The van der Waals surface area contributed by atoms with Crippen LogP contribution >= 0.6 is 0 Å². The molecule has 1 aliphatic heterocycles. The zero-order valence-electron chi connectivity index (χ0n) is 19.4. The smallest absolute Gasteiger partial charge is 0.123 e. The van der Waals surface area contributed by atoms with Crippen molar-refractivity contribution in [3.05, 3.63) is 101 Å². The van der Waals surface area contributed by atoms with E-state index in [1.807, 2.05) is 18.2 Å². The zero-order chi connectivity index (χ0) is 22.9. The highest BCUT2D eigenvalue weighted by atomic mass is 19.1. The molecule has 2 unspecified atom stereocenters. The molecule has 0 bridgehead atoms. The third-order valence-corrected chi connectivity index (χ3v) is 6.75. The molecule has 0 N–H and O–H groups in total. The molecule has 0 amide bonds. The minimum Gasteiger partial charge on any atom is -0.367 e. The Bertz CT molecular complexity index is 1280. The van der Waals surface area contributed by atoms with E-state index in [-0.39, 0.29) is 18.0 Å². The van der Waals surface area contributed by atoms with Gasteiger partial charge in [-0.3, -0.25) is 4.98 Å². The summed E-state index contributed by atoms with van der Waals surface area (Å²) in [6.45, 7) is 2.70. The summed E-state index contributed by atoms with van der Waals surface area (Å²) in [6.07, 6.45) is 1.86. The van der Waals surface area contributed by atoms with E-state index in [2.05, 4.69) is 68.4 Å². The Hall–Kier alpha value is -3.08. The van der Waals surface area contributed by atoms with Gasteiger partial charge in [-0.2, -0.15) is 0 Å². The Morgan fingerprint density at radius 3 is 2.61 bits per heavy atom. The van der Waals surface area contributed by atoms with Gasteiger partial charge in [0.05, 0.1) is 18.2 Å². The van der Waals surface area contributed by atoms with E-state index >= 15 is 0 Å². The number of hydrogen-bond donors (Lipinski definition) is 0. The predicted molar refractivity (Wildman–Crippen MR) is 132 cm³/mol. The molecule has 33 heavy (non-hydrogen) atoms. The maximum atomic E-state index is 13.2. The molecule has 1 aliphatic rings. The SMILES string of the molecule is Cc1nc2ccccc2cc1-c1ccc2c(c1)COC2C(CCc1ccc(F)cc1)N(C)C. The van der Waals surface area contributed by atoms with Gasteiger partial charge in [0.2, 0.25) is 0 Å². The molecule has 0 fully saturated rings. The lowest BCUT2D eigenvalue weighted by molar-refractivity contribution is 0.00519. The van der Waals surface area contributed by atoms with Crippen molar-refractivity contribution in [2.75, 3.05) is 14.1 Å². The number of rotatable bonds is 6. The third kappa shape index (κ3) is 4.41. The number of likely N-dealkylation sites (N-methyl/N-ethyl adjacent to an activating group) is 1. The average molecular weight is 441 g/mol. The lowest BCUT2D eigenvalue weighted by Crippen LogP contribution is -2.34. The second-order valence-electron chi connectivity index (χ2n) is 9.16. The van der Waals surface area contributed by atoms with Crippen molar-refractivity contribution in [2.24, 2.45) is 0 Å². The van der Waals surface area contributed by atoms with E-state index in [9.17, 15) is 4.39 Å². The molecule has 1 aromatic heterocycles. The summed E-state index contributed by atoms with van der Waals surface area (Å²) >= 11 is 0. The van der Waals surface area contributed by atoms with Gasteiger partial charge < -0.3 is 9.64 Å². The monoisotopic (exact) mass is 440 g/mol. The molecule has 3 aromatic carbocycles. The van der Waals surface area contributed by atoms with Crippen LogP contribution in [0.15, 0.2) is 72.8 Å². The maximum absolute atomic E-state index is 13.2. The van der Waals surface area contributed by atoms with E-state index < -0.39 is 0 Å². The number of aromatic nitrogens is 1. The number of pyridine rings is 1. The van der Waals surface area contributed by atoms with Crippen molar-refractivity contribution in [3.63, 3.8) is 0 Å². The Balaban J connectivity index is 1.40. The first-order chi connectivity index (χ1) is 16.0. The normalized spacial score (nSPS) is 16.3. The van der Waals surface area contributed by atoms with Crippen LogP contribution < -0.4 is 0 Å². The van der Waals surface area contributed by atoms with Crippen LogP contribution in [0, 0.1) is 12.7 Å². The van der Waals surface area contributed by atoms with Gasteiger partial charge in [-0.05, 0) is 86.4 Å². The first-order valence-corrected chi connectivity index (χ1v) is 11.5. The highest BCUT2D eigenvalue weighted by molar-refractivity contribution is 5.85. The number of hydrogen-bond acceptors (Lipinski definition) is 3. The summed E-state index contributed by atoms with van der Waals surface area (Å²) in [4.78, 5) is 7.05. The summed E-state index contributed by atoms with van der Waals surface area (Å²) in [5.41, 5.74) is 8.08. The lowest BCUT2D eigenvalue weighted by atomic mass is 9.92. The van der Waals surface area contributed by atoms with Crippen LogP contribution in [0.3, 0.4) is 0 Å². The van der Waals surface area contributed by atoms with Crippen LogP contribution in [0.25, 0.3) is 22.0 Å². The van der Waals surface area contributed by atoms with Crippen LogP contribution in [0.5, 0.6) is 0 Å². The van der Waals surface area contributed by atoms with Crippen molar-refractivity contribution in [2.45, 2.75) is 38.5 Å². The number of aryl methyl sites for hydroxylation is 2. The molecular formula is C29H29FN2O. The largest absolute Gasteiger partial charge is 0.367 e. The molecule has 0 saturated carbocycles.